The minimum atomic E-state index is 0.349. The summed E-state index contributed by atoms with van der Waals surface area (Å²) < 4.78 is 5.57. The second kappa shape index (κ2) is 7.66. The molecule has 2 aliphatic rings. The van der Waals surface area contributed by atoms with E-state index in [1.807, 2.05) is 11.8 Å². The van der Waals surface area contributed by atoms with Crippen LogP contribution in [0, 0.1) is 5.92 Å². The number of hydrogen-bond acceptors (Lipinski definition) is 4. The molecule has 0 aromatic heterocycles. The molecule has 5 heteroatoms. The van der Waals surface area contributed by atoms with Crippen LogP contribution in [0.25, 0.3) is 0 Å². The third-order valence-corrected chi connectivity index (χ3v) is 5.46. The molecular weight excluding hydrogens is 270 g/mol. The summed E-state index contributed by atoms with van der Waals surface area (Å²) in [5, 5.41) is 4.82. The Bertz CT molecular complexity index is 325. The lowest BCUT2D eigenvalue weighted by molar-refractivity contribution is 0.124. The molecule has 1 aliphatic carbocycles. The zero-order valence-electron chi connectivity index (χ0n) is 13.2. The molecule has 20 heavy (non-hydrogen) atoms. The fraction of sp³-hybridized carbons (Fsp3) is 0.933. The number of amidine groups is 1. The van der Waals surface area contributed by atoms with Gasteiger partial charge < -0.3 is 15.0 Å². The van der Waals surface area contributed by atoms with Gasteiger partial charge in [-0.1, -0.05) is 18.7 Å². The SMILES string of the molecule is CC1CCC2(CC1)CSC(=NCCOCCN(C)C)N2. The van der Waals surface area contributed by atoms with Crippen molar-refractivity contribution in [1.29, 1.82) is 0 Å². The molecule has 116 valence electrons. The first kappa shape index (κ1) is 16.1. The highest BCUT2D eigenvalue weighted by Crippen LogP contribution is 2.38. The molecule has 1 spiro atoms. The molecule has 0 aromatic carbocycles. The maximum absolute atomic E-state index is 5.57. The van der Waals surface area contributed by atoms with Gasteiger partial charge in [0.15, 0.2) is 5.17 Å². The summed E-state index contributed by atoms with van der Waals surface area (Å²) >= 11 is 1.89. The number of ether oxygens (including phenoxy) is 1. The van der Waals surface area contributed by atoms with E-state index in [9.17, 15) is 0 Å². The van der Waals surface area contributed by atoms with Gasteiger partial charge in [-0.3, -0.25) is 4.99 Å². The molecular formula is C15H29N3OS. The van der Waals surface area contributed by atoms with Gasteiger partial charge in [0.2, 0.25) is 0 Å². The lowest BCUT2D eigenvalue weighted by atomic mass is 9.78. The van der Waals surface area contributed by atoms with Crippen molar-refractivity contribution in [3.63, 3.8) is 0 Å². The molecule has 0 atom stereocenters. The Morgan fingerprint density at radius 1 is 1.35 bits per heavy atom. The normalized spacial score (nSPS) is 32.2. The Kier molecular flexibility index (Phi) is 6.18. The van der Waals surface area contributed by atoms with Crippen LogP contribution in [0.5, 0.6) is 0 Å². The second-order valence-electron chi connectivity index (χ2n) is 6.48. The van der Waals surface area contributed by atoms with E-state index in [0.29, 0.717) is 5.54 Å². The van der Waals surface area contributed by atoms with Crippen LogP contribution in [-0.2, 0) is 4.74 Å². The van der Waals surface area contributed by atoms with Gasteiger partial charge in [0.1, 0.15) is 0 Å². The average Bonchev–Trinajstić information content (AvgIpc) is 2.81. The number of thioether (sulfide) groups is 1. The lowest BCUT2D eigenvalue weighted by Crippen LogP contribution is -2.46. The number of nitrogens with one attached hydrogen (secondary N) is 1. The summed E-state index contributed by atoms with van der Waals surface area (Å²) in [4.78, 5) is 6.77. The first-order valence-electron chi connectivity index (χ1n) is 7.78. The van der Waals surface area contributed by atoms with Crippen LogP contribution in [-0.4, -0.2) is 61.8 Å². The van der Waals surface area contributed by atoms with E-state index in [4.69, 9.17) is 4.74 Å². The van der Waals surface area contributed by atoms with Crippen LogP contribution < -0.4 is 5.32 Å². The molecule has 2 fully saturated rings. The zero-order valence-corrected chi connectivity index (χ0v) is 14.0. The van der Waals surface area contributed by atoms with Crippen molar-refractivity contribution in [2.75, 3.05) is 46.2 Å². The van der Waals surface area contributed by atoms with E-state index in [0.717, 1.165) is 37.4 Å². The minimum absolute atomic E-state index is 0.349. The fourth-order valence-corrected chi connectivity index (χ4v) is 3.98. The third-order valence-electron chi connectivity index (χ3n) is 4.26. The van der Waals surface area contributed by atoms with Crippen LogP contribution in [0.1, 0.15) is 32.6 Å². The monoisotopic (exact) mass is 299 g/mol. The minimum Gasteiger partial charge on any atom is -0.378 e. The Balaban J connectivity index is 1.64. The van der Waals surface area contributed by atoms with Gasteiger partial charge in [-0.05, 0) is 45.7 Å². The molecule has 1 saturated carbocycles. The lowest BCUT2D eigenvalue weighted by Gasteiger charge is -2.35. The van der Waals surface area contributed by atoms with E-state index in [1.54, 1.807) is 0 Å². The van der Waals surface area contributed by atoms with Gasteiger partial charge in [0.05, 0.1) is 19.8 Å². The molecule has 0 bridgehead atoms. The second-order valence-corrected chi connectivity index (χ2v) is 7.44. The predicted octanol–water partition coefficient (Wildman–Crippen LogP) is 2.21. The molecule has 1 aliphatic heterocycles. The van der Waals surface area contributed by atoms with E-state index in [-0.39, 0.29) is 0 Å². The number of nitrogens with zero attached hydrogens (tertiary/aromatic N) is 2. The van der Waals surface area contributed by atoms with Crippen LogP contribution >= 0.6 is 11.8 Å². The quantitative estimate of drug-likeness (QED) is 0.763. The summed E-state index contributed by atoms with van der Waals surface area (Å²) in [7, 11) is 4.13. The summed E-state index contributed by atoms with van der Waals surface area (Å²) in [6, 6.07) is 0. The topological polar surface area (TPSA) is 36.9 Å². The highest BCUT2D eigenvalue weighted by atomic mass is 32.2. The van der Waals surface area contributed by atoms with Crippen LogP contribution in [0.4, 0.5) is 0 Å². The van der Waals surface area contributed by atoms with Gasteiger partial charge in [-0.2, -0.15) is 0 Å². The van der Waals surface area contributed by atoms with E-state index >= 15 is 0 Å². The van der Waals surface area contributed by atoms with Crippen molar-refractivity contribution >= 4 is 16.9 Å². The maximum atomic E-state index is 5.57. The van der Waals surface area contributed by atoms with Crippen LogP contribution in [0.3, 0.4) is 0 Å². The van der Waals surface area contributed by atoms with Crippen molar-refractivity contribution < 1.29 is 4.74 Å². The number of hydrogen-bond donors (Lipinski definition) is 1. The predicted molar refractivity (Wildman–Crippen MR) is 87.6 cm³/mol. The summed E-state index contributed by atoms with van der Waals surface area (Å²) in [5.74, 6) is 2.10. The number of aliphatic imine (C=N–C) groups is 1. The largest absolute Gasteiger partial charge is 0.378 e. The average molecular weight is 299 g/mol. The Morgan fingerprint density at radius 2 is 2.10 bits per heavy atom. The van der Waals surface area contributed by atoms with E-state index < -0.39 is 0 Å². The molecule has 1 N–H and O–H groups in total. The number of likely N-dealkylation sites (N-methyl/N-ethyl adjacent to an activating group) is 1. The van der Waals surface area contributed by atoms with Crippen LogP contribution in [0.2, 0.25) is 0 Å². The fourth-order valence-electron chi connectivity index (χ4n) is 2.74. The van der Waals surface area contributed by atoms with Gasteiger partial charge in [-0.15, -0.1) is 0 Å². The molecule has 0 radical (unpaired) electrons. The molecule has 1 heterocycles. The van der Waals surface area contributed by atoms with Crippen molar-refractivity contribution in [2.24, 2.45) is 10.9 Å². The standard InChI is InChI=1S/C15H29N3OS/c1-13-4-6-15(7-5-13)12-20-14(17-15)16-8-10-19-11-9-18(2)3/h13H,4-12H2,1-3H3,(H,16,17). The highest BCUT2D eigenvalue weighted by molar-refractivity contribution is 8.14. The Morgan fingerprint density at radius 3 is 2.80 bits per heavy atom. The van der Waals surface area contributed by atoms with Crippen molar-refractivity contribution in [1.82, 2.24) is 10.2 Å². The van der Waals surface area contributed by atoms with E-state index in [2.05, 4.69) is 36.2 Å². The van der Waals surface area contributed by atoms with Gasteiger partial charge >= 0.3 is 0 Å². The maximum Gasteiger partial charge on any atom is 0.157 e. The third kappa shape index (κ3) is 4.93. The zero-order chi connectivity index (χ0) is 14.4. The molecule has 1 saturated heterocycles. The van der Waals surface area contributed by atoms with Gasteiger partial charge in [0.25, 0.3) is 0 Å². The summed E-state index contributed by atoms with van der Waals surface area (Å²) in [6.45, 7) is 5.64. The molecule has 0 aromatic rings. The Labute approximate surface area is 127 Å². The first-order valence-corrected chi connectivity index (χ1v) is 8.76. The molecule has 0 unspecified atom stereocenters. The summed E-state index contributed by atoms with van der Waals surface area (Å²) in [6.07, 6.45) is 5.32. The molecule has 2 rings (SSSR count). The first-order chi connectivity index (χ1) is 9.60. The smallest absolute Gasteiger partial charge is 0.157 e. The number of rotatable bonds is 6. The van der Waals surface area contributed by atoms with Gasteiger partial charge in [-0.25, -0.2) is 0 Å². The van der Waals surface area contributed by atoms with Crippen molar-refractivity contribution in [3.8, 4) is 0 Å². The van der Waals surface area contributed by atoms with Crippen LogP contribution in [0.15, 0.2) is 4.99 Å². The molecule has 0 amide bonds. The van der Waals surface area contributed by atoms with E-state index in [1.165, 1.54) is 31.4 Å². The molecule has 4 nitrogen and oxygen atoms in total. The highest BCUT2D eigenvalue weighted by Gasteiger charge is 2.39. The van der Waals surface area contributed by atoms with Gasteiger partial charge in [0, 0.05) is 17.8 Å². The van der Waals surface area contributed by atoms with Crippen molar-refractivity contribution in [2.45, 2.75) is 38.1 Å². The summed E-state index contributed by atoms with van der Waals surface area (Å²) in [5.41, 5.74) is 0.349. The van der Waals surface area contributed by atoms with Crippen molar-refractivity contribution in [3.05, 3.63) is 0 Å². The Hall–Kier alpha value is -0.260.